The molecule has 43 heavy (non-hydrogen) atoms. The molecule has 0 aromatic heterocycles. The summed E-state index contributed by atoms with van der Waals surface area (Å²) in [6, 6.07) is 17.4. The number of aryl methyl sites for hydroxylation is 1. The highest BCUT2D eigenvalue weighted by Gasteiger charge is 2.43. The Kier molecular flexibility index (Phi) is 9.55. The lowest BCUT2D eigenvalue weighted by Crippen LogP contribution is -2.55. The fourth-order valence-corrected chi connectivity index (χ4v) is 4.85. The Morgan fingerprint density at radius 1 is 1.02 bits per heavy atom. The Bertz CT molecular complexity index is 1530. The van der Waals surface area contributed by atoms with Crippen molar-refractivity contribution in [3.63, 3.8) is 0 Å². The van der Waals surface area contributed by atoms with E-state index in [1.807, 2.05) is 13.0 Å². The smallest absolute Gasteiger partial charge is 0.323 e. The van der Waals surface area contributed by atoms with Crippen LogP contribution in [0.25, 0.3) is 0 Å². The van der Waals surface area contributed by atoms with Crippen molar-refractivity contribution in [1.82, 2.24) is 15.1 Å². The SMILES string of the molecule is COc1ccc(CC(=O)N2CCN(C(=O)Nc3cccc(C)c3)C2C(=O)NC(CC(=O)O)c2cccc([N+](=O)[O-])c2)cc1. The van der Waals surface area contributed by atoms with Crippen molar-refractivity contribution in [3.8, 4) is 5.75 Å². The number of nitro benzene ring substituents is 1. The number of nitrogens with zero attached hydrogens (tertiary/aromatic N) is 3. The summed E-state index contributed by atoms with van der Waals surface area (Å²) in [5.74, 6) is -1.89. The van der Waals surface area contributed by atoms with E-state index in [0.29, 0.717) is 17.0 Å². The van der Waals surface area contributed by atoms with Gasteiger partial charge in [-0.05, 0) is 47.9 Å². The van der Waals surface area contributed by atoms with Crippen LogP contribution in [0.3, 0.4) is 0 Å². The van der Waals surface area contributed by atoms with E-state index in [2.05, 4.69) is 10.6 Å². The van der Waals surface area contributed by atoms with Crippen LogP contribution in [-0.2, 0) is 20.8 Å². The predicted molar refractivity (Wildman–Crippen MR) is 155 cm³/mol. The van der Waals surface area contributed by atoms with Crippen molar-refractivity contribution < 1.29 is 33.9 Å². The maximum atomic E-state index is 13.8. The third kappa shape index (κ3) is 7.64. The number of rotatable bonds is 10. The minimum Gasteiger partial charge on any atom is -0.497 e. The molecule has 1 heterocycles. The molecule has 4 amide bonds. The average Bonchev–Trinajstić information content (AvgIpc) is 3.43. The fraction of sp³-hybridized carbons (Fsp3) is 0.267. The molecule has 1 aliphatic heterocycles. The number of carboxylic acids is 1. The molecule has 13 nitrogen and oxygen atoms in total. The summed E-state index contributed by atoms with van der Waals surface area (Å²) in [6.07, 6.45) is -2.06. The van der Waals surface area contributed by atoms with Gasteiger partial charge in [0.05, 0.1) is 30.9 Å². The summed E-state index contributed by atoms with van der Waals surface area (Å²) in [6.45, 7) is 1.94. The second-order valence-corrected chi connectivity index (χ2v) is 9.99. The maximum Gasteiger partial charge on any atom is 0.323 e. The van der Waals surface area contributed by atoms with Crippen LogP contribution >= 0.6 is 0 Å². The summed E-state index contributed by atoms with van der Waals surface area (Å²) in [5.41, 5.74) is 1.96. The van der Waals surface area contributed by atoms with Crippen molar-refractivity contribution >= 4 is 35.2 Å². The van der Waals surface area contributed by atoms with E-state index < -0.39 is 47.4 Å². The Morgan fingerprint density at radius 2 is 1.72 bits per heavy atom. The number of non-ortho nitro benzene ring substituents is 1. The lowest BCUT2D eigenvalue weighted by atomic mass is 10.0. The van der Waals surface area contributed by atoms with Gasteiger partial charge in [-0.15, -0.1) is 0 Å². The normalized spacial score (nSPS) is 15.0. The standard InChI is InChI=1S/C30H31N5O8/c1-19-5-3-7-22(15-19)31-30(40)34-14-13-33(26(36)16-20-9-11-24(43-2)12-10-20)29(34)28(39)32-25(18-27(37)38)21-6-4-8-23(17-21)35(41)42/h3-12,15,17,25,29H,13-14,16,18H2,1-2H3,(H,31,40)(H,32,39)(H,37,38). The Labute approximate surface area is 247 Å². The Morgan fingerprint density at radius 3 is 2.37 bits per heavy atom. The highest BCUT2D eigenvalue weighted by atomic mass is 16.6. The number of nitro groups is 1. The molecule has 0 saturated carbocycles. The van der Waals surface area contributed by atoms with Crippen molar-refractivity contribution in [1.29, 1.82) is 0 Å². The van der Waals surface area contributed by atoms with E-state index in [1.54, 1.807) is 42.5 Å². The number of aliphatic carboxylic acids is 1. The number of benzene rings is 3. The van der Waals surface area contributed by atoms with Crippen LogP contribution in [0.1, 0.15) is 29.2 Å². The van der Waals surface area contributed by atoms with Gasteiger partial charge >= 0.3 is 12.0 Å². The summed E-state index contributed by atoms with van der Waals surface area (Å²) >= 11 is 0. The number of methoxy groups -OCH3 is 1. The van der Waals surface area contributed by atoms with Crippen LogP contribution in [0.2, 0.25) is 0 Å². The van der Waals surface area contributed by atoms with E-state index in [0.717, 1.165) is 5.56 Å². The summed E-state index contributed by atoms with van der Waals surface area (Å²) < 4.78 is 5.16. The fourth-order valence-electron chi connectivity index (χ4n) is 4.85. The topological polar surface area (TPSA) is 171 Å². The molecule has 0 aliphatic carbocycles. The Balaban J connectivity index is 1.63. The van der Waals surface area contributed by atoms with Crippen molar-refractivity contribution in [2.45, 2.75) is 32.0 Å². The molecule has 1 fully saturated rings. The van der Waals surface area contributed by atoms with Gasteiger partial charge in [0, 0.05) is 30.9 Å². The number of amides is 4. The van der Waals surface area contributed by atoms with Crippen LogP contribution in [0, 0.1) is 17.0 Å². The van der Waals surface area contributed by atoms with Crippen molar-refractivity contribution in [3.05, 3.63) is 99.6 Å². The van der Waals surface area contributed by atoms with Crippen LogP contribution in [0.5, 0.6) is 5.75 Å². The number of ether oxygens (including phenoxy) is 1. The highest BCUT2D eigenvalue weighted by Crippen LogP contribution is 2.25. The number of hydrogen-bond donors (Lipinski definition) is 3. The van der Waals surface area contributed by atoms with Crippen LogP contribution in [-0.4, -0.2) is 70.0 Å². The van der Waals surface area contributed by atoms with E-state index in [4.69, 9.17) is 4.74 Å². The first-order chi connectivity index (χ1) is 20.5. The molecule has 3 aromatic carbocycles. The van der Waals surface area contributed by atoms with E-state index in [9.17, 15) is 34.4 Å². The molecular weight excluding hydrogens is 558 g/mol. The molecule has 4 rings (SSSR count). The zero-order chi connectivity index (χ0) is 31.1. The molecule has 2 unspecified atom stereocenters. The molecule has 2 atom stereocenters. The van der Waals surface area contributed by atoms with Gasteiger partial charge in [0.25, 0.3) is 11.6 Å². The van der Waals surface area contributed by atoms with Gasteiger partial charge in [0.15, 0.2) is 6.17 Å². The van der Waals surface area contributed by atoms with Crippen LogP contribution < -0.4 is 15.4 Å². The molecular formula is C30H31N5O8. The first kappa shape index (κ1) is 30.5. The molecule has 1 saturated heterocycles. The van der Waals surface area contributed by atoms with E-state index >= 15 is 0 Å². The second-order valence-electron chi connectivity index (χ2n) is 9.99. The van der Waals surface area contributed by atoms with Crippen molar-refractivity contribution in [2.24, 2.45) is 0 Å². The van der Waals surface area contributed by atoms with Gasteiger partial charge in [-0.1, -0.05) is 36.4 Å². The van der Waals surface area contributed by atoms with E-state index in [1.165, 1.54) is 41.2 Å². The quantitative estimate of drug-likeness (QED) is 0.238. The molecule has 3 aromatic rings. The minimum absolute atomic E-state index is 0.0322. The van der Waals surface area contributed by atoms with Gasteiger partial charge in [-0.3, -0.25) is 29.4 Å². The zero-order valence-electron chi connectivity index (χ0n) is 23.6. The molecule has 1 aliphatic rings. The van der Waals surface area contributed by atoms with Crippen molar-refractivity contribution in [2.75, 3.05) is 25.5 Å². The lowest BCUT2D eigenvalue weighted by Gasteiger charge is -2.31. The molecule has 3 N–H and O–H groups in total. The number of nitrogens with one attached hydrogen (secondary N) is 2. The third-order valence-corrected chi connectivity index (χ3v) is 6.95. The van der Waals surface area contributed by atoms with Gasteiger partial charge < -0.3 is 25.4 Å². The maximum absolute atomic E-state index is 13.8. The largest absolute Gasteiger partial charge is 0.497 e. The number of carboxylic acid groups (broad SMARTS) is 1. The first-order valence-corrected chi connectivity index (χ1v) is 13.4. The van der Waals surface area contributed by atoms with Gasteiger partial charge in [-0.2, -0.15) is 0 Å². The van der Waals surface area contributed by atoms with Crippen LogP contribution in [0.15, 0.2) is 72.8 Å². The summed E-state index contributed by atoms with van der Waals surface area (Å²) in [7, 11) is 1.52. The molecule has 0 radical (unpaired) electrons. The average molecular weight is 590 g/mol. The summed E-state index contributed by atoms with van der Waals surface area (Å²) in [5, 5.41) is 26.2. The van der Waals surface area contributed by atoms with E-state index in [-0.39, 0.29) is 30.8 Å². The molecule has 0 bridgehead atoms. The molecule has 13 heteroatoms. The van der Waals surface area contributed by atoms with Gasteiger partial charge in [0.2, 0.25) is 5.91 Å². The first-order valence-electron chi connectivity index (χ1n) is 13.4. The number of carbonyl (C=O) groups excluding carboxylic acids is 3. The monoisotopic (exact) mass is 589 g/mol. The lowest BCUT2D eigenvalue weighted by molar-refractivity contribution is -0.384. The Hall–Kier alpha value is -5.46. The molecule has 224 valence electrons. The predicted octanol–water partition coefficient (Wildman–Crippen LogP) is 3.49. The number of anilines is 1. The highest BCUT2D eigenvalue weighted by molar-refractivity contribution is 5.96. The second kappa shape index (κ2) is 13.5. The number of urea groups is 1. The summed E-state index contributed by atoms with van der Waals surface area (Å²) in [4.78, 5) is 65.6. The molecule has 0 spiro atoms. The van der Waals surface area contributed by atoms with Gasteiger partial charge in [0.1, 0.15) is 5.75 Å². The number of hydrogen-bond acceptors (Lipinski definition) is 7. The number of carbonyl (C=O) groups is 4. The minimum atomic E-state index is -1.41. The third-order valence-electron chi connectivity index (χ3n) is 6.95. The van der Waals surface area contributed by atoms with Gasteiger partial charge in [-0.25, -0.2) is 4.79 Å². The zero-order valence-corrected chi connectivity index (χ0v) is 23.6. The van der Waals surface area contributed by atoms with Crippen LogP contribution in [0.4, 0.5) is 16.2 Å².